The van der Waals surface area contributed by atoms with Crippen molar-refractivity contribution in [3.63, 3.8) is 0 Å². The molecular weight excluding hydrogens is 418 g/mol. The standard InChI is InChI=1S/C21H23N5O6/c1-29-17-8-14(9-18(30-2)20(17)32-11-19(22)27)21(28)25-15-4-3-5-16(10-15)31-7-6-26-13-23-12-24-26/h3-5,8-10,12-13H,6-7,11H2,1-2H3,(H2,22,27)(H,25,28). The Morgan fingerprint density at radius 2 is 1.84 bits per heavy atom. The van der Waals surface area contributed by atoms with Gasteiger partial charge in [0.15, 0.2) is 18.1 Å². The van der Waals surface area contributed by atoms with Crippen LogP contribution in [0.1, 0.15) is 10.4 Å². The van der Waals surface area contributed by atoms with Crippen LogP contribution in [0.4, 0.5) is 5.69 Å². The Morgan fingerprint density at radius 1 is 1.09 bits per heavy atom. The number of ether oxygens (including phenoxy) is 4. The van der Waals surface area contributed by atoms with Crippen LogP contribution in [0, 0.1) is 0 Å². The molecule has 0 radical (unpaired) electrons. The van der Waals surface area contributed by atoms with Gasteiger partial charge in [0.25, 0.3) is 11.8 Å². The molecule has 2 amide bonds. The van der Waals surface area contributed by atoms with Crippen molar-refractivity contribution in [1.29, 1.82) is 0 Å². The summed E-state index contributed by atoms with van der Waals surface area (Å²) in [5, 5.41) is 6.81. The van der Waals surface area contributed by atoms with E-state index in [9.17, 15) is 9.59 Å². The average molecular weight is 441 g/mol. The van der Waals surface area contributed by atoms with Crippen LogP contribution in [0.15, 0.2) is 49.1 Å². The molecule has 1 heterocycles. The number of carbonyl (C=O) groups is 2. The van der Waals surface area contributed by atoms with E-state index in [-0.39, 0.29) is 29.4 Å². The number of methoxy groups -OCH3 is 2. The fraction of sp³-hybridized carbons (Fsp3) is 0.238. The van der Waals surface area contributed by atoms with E-state index >= 15 is 0 Å². The lowest BCUT2D eigenvalue weighted by atomic mass is 10.1. The molecule has 0 aliphatic heterocycles. The minimum atomic E-state index is -0.653. The summed E-state index contributed by atoms with van der Waals surface area (Å²) in [6.07, 6.45) is 3.06. The summed E-state index contributed by atoms with van der Waals surface area (Å²) >= 11 is 0. The van der Waals surface area contributed by atoms with Crippen molar-refractivity contribution >= 4 is 17.5 Å². The maximum atomic E-state index is 12.8. The first-order valence-corrected chi connectivity index (χ1v) is 9.54. The predicted molar refractivity (Wildman–Crippen MR) is 114 cm³/mol. The largest absolute Gasteiger partial charge is 0.493 e. The Bertz CT molecular complexity index is 1050. The SMILES string of the molecule is COc1cc(C(=O)Nc2cccc(OCCn3cncn3)c2)cc(OC)c1OCC(N)=O. The maximum Gasteiger partial charge on any atom is 0.255 e. The second-order valence-corrected chi connectivity index (χ2v) is 6.45. The van der Waals surface area contributed by atoms with Crippen LogP contribution < -0.4 is 30.0 Å². The van der Waals surface area contributed by atoms with E-state index in [0.29, 0.717) is 24.6 Å². The molecule has 3 rings (SSSR count). The number of amides is 2. The van der Waals surface area contributed by atoms with Crippen molar-refractivity contribution in [3.05, 3.63) is 54.6 Å². The summed E-state index contributed by atoms with van der Waals surface area (Å²) in [5.41, 5.74) is 5.94. The van der Waals surface area contributed by atoms with Gasteiger partial charge in [0.1, 0.15) is 25.0 Å². The number of hydrogen-bond acceptors (Lipinski definition) is 8. The fourth-order valence-corrected chi connectivity index (χ4v) is 2.77. The normalized spacial score (nSPS) is 10.3. The maximum absolute atomic E-state index is 12.8. The van der Waals surface area contributed by atoms with Crippen molar-refractivity contribution in [2.45, 2.75) is 6.54 Å². The molecule has 0 bridgehead atoms. The number of benzene rings is 2. The van der Waals surface area contributed by atoms with E-state index in [0.717, 1.165) is 0 Å². The van der Waals surface area contributed by atoms with Crippen molar-refractivity contribution in [3.8, 4) is 23.0 Å². The molecule has 0 spiro atoms. The third kappa shape index (κ3) is 5.88. The number of aromatic nitrogens is 3. The van der Waals surface area contributed by atoms with E-state index < -0.39 is 11.8 Å². The van der Waals surface area contributed by atoms with Crippen molar-refractivity contribution in [1.82, 2.24) is 14.8 Å². The van der Waals surface area contributed by atoms with E-state index in [2.05, 4.69) is 15.4 Å². The van der Waals surface area contributed by atoms with Gasteiger partial charge in [-0.1, -0.05) is 6.07 Å². The molecule has 1 aromatic heterocycles. The van der Waals surface area contributed by atoms with E-state index in [1.165, 1.54) is 32.7 Å². The average Bonchev–Trinajstić information content (AvgIpc) is 3.30. The summed E-state index contributed by atoms with van der Waals surface area (Å²) in [7, 11) is 2.82. The summed E-state index contributed by atoms with van der Waals surface area (Å²) in [6.45, 7) is 0.574. The highest BCUT2D eigenvalue weighted by Crippen LogP contribution is 2.38. The zero-order valence-electron chi connectivity index (χ0n) is 17.6. The number of anilines is 1. The third-order valence-electron chi connectivity index (χ3n) is 4.23. The molecule has 32 heavy (non-hydrogen) atoms. The van der Waals surface area contributed by atoms with E-state index in [1.54, 1.807) is 35.3 Å². The van der Waals surface area contributed by atoms with Crippen LogP contribution in [0.5, 0.6) is 23.0 Å². The van der Waals surface area contributed by atoms with Crippen LogP contribution in [0.25, 0.3) is 0 Å². The van der Waals surface area contributed by atoms with E-state index in [4.69, 9.17) is 24.7 Å². The number of primary amides is 1. The Hall–Kier alpha value is -4.28. The van der Waals surface area contributed by atoms with Crippen molar-refractivity contribution < 1.29 is 28.5 Å². The van der Waals surface area contributed by atoms with Gasteiger partial charge >= 0.3 is 0 Å². The van der Waals surface area contributed by atoms with Gasteiger partial charge in [-0.3, -0.25) is 9.59 Å². The first-order chi connectivity index (χ1) is 15.5. The van der Waals surface area contributed by atoms with Gasteiger partial charge in [-0.25, -0.2) is 9.67 Å². The Labute approximate surface area is 184 Å². The van der Waals surface area contributed by atoms with Crippen LogP contribution in [0.3, 0.4) is 0 Å². The Balaban J connectivity index is 1.70. The molecule has 0 aliphatic carbocycles. The number of hydrogen-bond donors (Lipinski definition) is 2. The lowest BCUT2D eigenvalue weighted by Gasteiger charge is -2.15. The van der Waals surface area contributed by atoms with Crippen molar-refractivity contribution in [2.24, 2.45) is 5.73 Å². The topological polar surface area (TPSA) is 140 Å². The second kappa shape index (κ2) is 10.7. The summed E-state index contributed by atoms with van der Waals surface area (Å²) in [4.78, 5) is 27.7. The highest BCUT2D eigenvalue weighted by Gasteiger charge is 2.18. The number of rotatable bonds is 11. The van der Waals surface area contributed by atoms with E-state index in [1.807, 2.05) is 0 Å². The van der Waals surface area contributed by atoms with Crippen LogP contribution in [-0.4, -0.2) is 54.0 Å². The number of nitrogens with one attached hydrogen (secondary N) is 1. The molecule has 11 nitrogen and oxygen atoms in total. The third-order valence-corrected chi connectivity index (χ3v) is 4.23. The molecule has 0 fully saturated rings. The number of nitrogens with zero attached hydrogens (tertiary/aromatic N) is 3. The highest BCUT2D eigenvalue weighted by atomic mass is 16.5. The van der Waals surface area contributed by atoms with Gasteiger partial charge in [-0.2, -0.15) is 5.10 Å². The van der Waals surface area contributed by atoms with Crippen LogP contribution in [-0.2, 0) is 11.3 Å². The fourth-order valence-electron chi connectivity index (χ4n) is 2.77. The monoisotopic (exact) mass is 441 g/mol. The number of carbonyl (C=O) groups excluding carboxylic acids is 2. The molecule has 168 valence electrons. The smallest absolute Gasteiger partial charge is 0.255 e. The molecular formula is C21H23N5O6. The van der Waals surface area contributed by atoms with Crippen LogP contribution in [0.2, 0.25) is 0 Å². The quantitative estimate of drug-likeness (QED) is 0.456. The summed E-state index contributed by atoms with van der Waals surface area (Å²) in [5.74, 6) is 0.158. The molecule has 0 atom stereocenters. The molecule has 0 saturated carbocycles. The Kier molecular flexibility index (Phi) is 7.46. The van der Waals surface area contributed by atoms with Gasteiger partial charge in [0, 0.05) is 17.3 Å². The zero-order chi connectivity index (χ0) is 22.9. The zero-order valence-corrected chi connectivity index (χ0v) is 17.6. The minimum absolute atomic E-state index is 0.174. The first kappa shape index (κ1) is 22.4. The van der Waals surface area contributed by atoms with Gasteiger partial charge in [-0.05, 0) is 24.3 Å². The van der Waals surface area contributed by atoms with Gasteiger partial charge in [0.05, 0.1) is 20.8 Å². The molecule has 0 unspecified atom stereocenters. The molecule has 0 saturated heterocycles. The highest BCUT2D eigenvalue weighted by molar-refractivity contribution is 6.05. The molecule has 2 aromatic carbocycles. The second-order valence-electron chi connectivity index (χ2n) is 6.45. The van der Waals surface area contributed by atoms with Gasteiger partial charge in [-0.15, -0.1) is 0 Å². The lowest BCUT2D eigenvalue weighted by molar-refractivity contribution is -0.120. The summed E-state index contributed by atoms with van der Waals surface area (Å²) < 4.78 is 23.3. The lowest BCUT2D eigenvalue weighted by Crippen LogP contribution is -2.20. The van der Waals surface area contributed by atoms with Gasteiger partial charge < -0.3 is 30.0 Å². The first-order valence-electron chi connectivity index (χ1n) is 9.54. The Morgan fingerprint density at radius 3 is 2.47 bits per heavy atom. The molecule has 3 aromatic rings. The molecule has 11 heteroatoms. The minimum Gasteiger partial charge on any atom is -0.493 e. The molecule has 0 aliphatic rings. The molecule has 3 N–H and O–H groups in total. The predicted octanol–water partition coefficient (Wildman–Crippen LogP) is 1.49. The van der Waals surface area contributed by atoms with Gasteiger partial charge in [0.2, 0.25) is 5.75 Å². The number of nitrogens with two attached hydrogens (primary N) is 1. The van der Waals surface area contributed by atoms with Crippen molar-refractivity contribution in [2.75, 3.05) is 32.8 Å². The summed E-state index contributed by atoms with van der Waals surface area (Å²) in [6, 6.07) is 9.95. The van der Waals surface area contributed by atoms with Crippen LogP contribution >= 0.6 is 0 Å².